The number of aliphatic imine (C=N–C) groups is 1. The Morgan fingerprint density at radius 2 is 1.40 bits per heavy atom. The smallest absolute Gasteiger partial charge is 0.162 e. The van der Waals surface area contributed by atoms with Crippen LogP contribution in [0.25, 0.3) is 5.00 Å². The summed E-state index contributed by atoms with van der Waals surface area (Å²) in [5, 5.41) is 30.2. The number of hydrogen-bond donors (Lipinski definition) is 2. The van der Waals surface area contributed by atoms with E-state index in [1.165, 1.54) is 48.6 Å². The first kappa shape index (κ1) is 45.9. The first-order valence-electron chi connectivity index (χ1n) is 22.5. The maximum atomic E-state index is 16.1. The van der Waals surface area contributed by atoms with Crippen LogP contribution in [-0.4, -0.2) is 94.1 Å². The third-order valence-corrected chi connectivity index (χ3v) is 14.3. The molecule has 342 valence electrons. The summed E-state index contributed by atoms with van der Waals surface area (Å²) >= 11 is 1.57. The second-order valence-corrected chi connectivity index (χ2v) is 18.7. The first-order chi connectivity index (χ1) is 31.3. The van der Waals surface area contributed by atoms with Gasteiger partial charge in [-0.1, -0.05) is 42.5 Å². The number of β-amino-alcohol motifs (C(OH)–C–C–N with tert-alkyl or cyclic N) is 1. The fourth-order valence-corrected chi connectivity index (χ4v) is 10.5. The minimum absolute atomic E-state index is 0.114. The molecule has 3 aliphatic heterocycles. The highest BCUT2D eigenvalue weighted by Gasteiger charge is 2.37. The first-order valence-corrected chi connectivity index (χ1v) is 23.3. The van der Waals surface area contributed by atoms with Crippen molar-refractivity contribution in [2.45, 2.75) is 77.9 Å². The van der Waals surface area contributed by atoms with Gasteiger partial charge in [-0.15, -0.1) is 21.5 Å². The Morgan fingerprint density at radius 1 is 0.754 bits per heavy atom. The number of phenols is 1. The second kappa shape index (κ2) is 19.8. The third-order valence-electron chi connectivity index (χ3n) is 13.1. The minimum Gasteiger partial charge on any atom is -0.508 e. The summed E-state index contributed by atoms with van der Waals surface area (Å²) in [6.07, 6.45) is 5.74. The average Bonchev–Trinajstić information content (AvgIpc) is 3.81. The van der Waals surface area contributed by atoms with Gasteiger partial charge in [0.15, 0.2) is 5.82 Å². The number of phenolic OH excluding ortho intramolecular Hbond substituents is 1. The van der Waals surface area contributed by atoms with Crippen molar-refractivity contribution < 1.29 is 28.1 Å². The molecular formula is C51H58F3N7O3S. The van der Waals surface area contributed by atoms with Crippen LogP contribution in [0.2, 0.25) is 0 Å². The lowest BCUT2D eigenvalue weighted by Gasteiger charge is -2.44. The van der Waals surface area contributed by atoms with Crippen molar-refractivity contribution in [3.8, 4) is 16.5 Å². The van der Waals surface area contributed by atoms with Crippen molar-refractivity contribution in [1.29, 1.82) is 0 Å². The number of aryl methyl sites for hydroxylation is 4. The van der Waals surface area contributed by atoms with Gasteiger partial charge in [-0.05, 0) is 113 Å². The molecule has 2 saturated heterocycles. The molecule has 0 amide bonds. The van der Waals surface area contributed by atoms with Gasteiger partial charge in [0.2, 0.25) is 0 Å². The Balaban J connectivity index is 0.000000280. The molecule has 0 unspecified atom stereocenters. The lowest BCUT2D eigenvalue weighted by atomic mass is 9.90. The molecular weight excluding hydrogens is 848 g/mol. The number of thiophene rings is 1. The van der Waals surface area contributed by atoms with E-state index in [0.717, 1.165) is 27.4 Å². The molecule has 1 aliphatic carbocycles. The number of rotatable bonds is 6. The van der Waals surface area contributed by atoms with Crippen LogP contribution < -0.4 is 14.5 Å². The molecule has 2 N–H and O–H groups in total. The molecule has 1 atom stereocenters. The summed E-state index contributed by atoms with van der Waals surface area (Å²) in [6, 6.07) is 24.6. The normalized spacial score (nSPS) is 17.9. The summed E-state index contributed by atoms with van der Waals surface area (Å²) in [5.74, 6) is 1.03. The van der Waals surface area contributed by atoms with Crippen LogP contribution in [0.5, 0.6) is 11.5 Å². The Bertz CT molecular complexity index is 2610. The number of methoxy groups -OCH3 is 1. The standard InChI is InChI=1S/C35H40F3N7O2S.C10H12O.C6H6/c1-20-22(3)48-34-31(20)32(39-21(2)33-41-40-23(4)45(33)34)25-17-28(38)30(18-27(25)37)43-10-8-35(46,9-11-43)19-42-12-14-44(15-13-42)29-16-24(47-5)6-7-26(29)36;11-10-6-5-8-3-1-2-4-9(8)7-10;1-2-4-6-5-3-1/h6-7,16-18,21,46H,8-15,19H2,1-5H3;5-7,11H,1-4H2;1-6H/t21-;;/m0../s1. The van der Waals surface area contributed by atoms with Crippen LogP contribution in [0.3, 0.4) is 0 Å². The topological polar surface area (TPSA) is 102 Å². The van der Waals surface area contributed by atoms with Crippen molar-refractivity contribution in [1.82, 2.24) is 19.7 Å². The van der Waals surface area contributed by atoms with Gasteiger partial charge >= 0.3 is 0 Å². The Hall–Kier alpha value is -5.70. The molecule has 0 radical (unpaired) electrons. The molecule has 0 saturated carbocycles. The fraction of sp³-hybridized carbons (Fsp3) is 0.392. The molecule has 4 aliphatic rings. The number of aromatic nitrogens is 3. The molecule has 65 heavy (non-hydrogen) atoms. The fourth-order valence-electron chi connectivity index (χ4n) is 9.28. The van der Waals surface area contributed by atoms with E-state index in [9.17, 15) is 14.6 Å². The van der Waals surface area contributed by atoms with E-state index < -0.39 is 23.3 Å². The number of halogens is 3. The van der Waals surface area contributed by atoms with Crippen LogP contribution in [-0.2, 0) is 12.8 Å². The molecule has 0 spiro atoms. The highest BCUT2D eigenvalue weighted by atomic mass is 32.1. The van der Waals surface area contributed by atoms with Gasteiger partial charge in [0.05, 0.1) is 29.8 Å². The number of aliphatic hydroxyl groups is 1. The minimum atomic E-state index is -0.956. The molecule has 2 fully saturated rings. The maximum absolute atomic E-state index is 16.1. The van der Waals surface area contributed by atoms with Crippen molar-refractivity contribution in [3.63, 3.8) is 0 Å². The number of anilines is 2. The predicted molar refractivity (Wildman–Crippen MR) is 253 cm³/mol. The molecule has 5 heterocycles. The van der Waals surface area contributed by atoms with E-state index in [0.29, 0.717) is 93.2 Å². The molecule has 6 aromatic rings. The largest absolute Gasteiger partial charge is 0.508 e. The molecule has 10 rings (SSSR count). The Morgan fingerprint density at radius 3 is 2.08 bits per heavy atom. The zero-order valence-corrected chi connectivity index (χ0v) is 38.6. The summed E-state index contributed by atoms with van der Waals surface area (Å²) in [6.45, 7) is 11.6. The zero-order chi connectivity index (χ0) is 45.8. The van der Waals surface area contributed by atoms with E-state index >= 15 is 8.78 Å². The van der Waals surface area contributed by atoms with E-state index in [-0.39, 0.29) is 17.1 Å². The van der Waals surface area contributed by atoms with Crippen molar-refractivity contribution in [2.75, 3.05) is 62.7 Å². The van der Waals surface area contributed by atoms with E-state index in [4.69, 9.17) is 9.73 Å². The molecule has 0 bridgehead atoms. The van der Waals surface area contributed by atoms with E-state index in [1.807, 2.05) is 90.6 Å². The Labute approximate surface area is 383 Å². The molecule has 2 aromatic heterocycles. The van der Waals surface area contributed by atoms with Gasteiger partial charge in [-0.3, -0.25) is 14.5 Å². The predicted octanol–water partition coefficient (Wildman–Crippen LogP) is 9.70. The van der Waals surface area contributed by atoms with Gasteiger partial charge in [-0.25, -0.2) is 13.2 Å². The van der Waals surface area contributed by atoms with E-state index in [2.05, 4.69) is 15.1 Å². The lowest BCUT2D eigenvalue weighted by molar-refractivity contribution is -0.0174. The number of ether oxygens (including phenoxy) is 1. The summed E-state index contributed by atoms with van der Waals surface area (Å²) in [7, 11) is 1.56. The van der Waals surface area contributed by atoms with Crippen LogP contribution in [0, 0.1) is 38.2 Å². The van der Waals surface area contributed by atoms with Gasteiger partial charge in [-0.2, -0.15) is 0 Å². The summed E-state index contributed by atoms with van der Waals surface area (Å²) in [5.41, 5.74) is 4.78. The number of piperidine rings is 1. The van der Waals surface area contributed by atoms with Gasteiger partial charge in [0, 0.05) is 74.0 Å². The van der Waals surface area contributed by atoms with Crippen molar-refractivity contribution in [3.05, 3.63) is 147 Å². The molecule has 4 aromatic carbocycles. The van der Waals surface area contributed by atoms with Gasteiger partial charge in [0.1, 0.15) is 45.8 Å². The van der Waals surface area contributed by atoms with Gasteiger partial charge < -0.3 is 24.7 Å². The number of nitrogens with zero attached hydrogens (tertiary/aromatic N) is 7. The molecule has 10 nitrogen and oxygen atoms in total. The van der Waals surface area contributed by atoms with Crippen LogP contribution in [0.1, 0.15) is 83.0 Å². The van der Waals surface area contributed by atoms with Crippen LogP contribution >= 0.6 is 11.3 Å². The zero-order valence-electron chi connectivity index (χ0n) is 37.8. The summed E-state index contributed by atoms with van der Waals surface area (Å²) < 4.78 is 53.8. The third kappa shape index (κ3) is 10.1. The van der Waals surface area contributed by atoms with Crippen molar-refractivity contribution >= 4 is 28.4 Å². The van der Waals surface area contributed by atoms with E-state index in [1.54, 1.807) is 36.6 Å². The number of benzene rings is 4. The quantitative estimate of drug-likeness (QED) is 0.171. The average molecular weight is 906 g/mol. The van der Waals surface area contributed by atoms with Crippen LogP contribution in [0.15, 0.2) is 89.9 Å². The number of aromatic hydroxyl groups is 1. The number of piperazine rings is 1. The van der Waals surface area contributed by atoms with Gasteiger partial charge in [0.25, 0.3) is 0 Å². The lowest BCUT2D eigenvalue weighted by Crippen LogP contribution is -2.55. The number of hydrogen-bond acceptors (Lipinski definition) is 10. The summed E-state index contributed by atoms with van der Waals surface area (Å²) in [4.78, 5) is 12.0. The van der Waals surface area contributed by atoms with Crippen LogP contribution in [0.4, 0.5) is 24.5 Å². The number of fused-ring (bicyclic) bond motifs is 4. The maximum Gasteiger partial charge on any atom is 0.162 e. The SMILES string of the molecule is COc1ccc(F)c(N2CCN(CC3(O)CCN(c4cc(F)c(C5=N[C@@H](C)c6nnc(C)n6-c6sc(C)c(C)c65)cc4F)CC3)CC2)c1.Oc1ccc2c(c1)CCCC2.c1ccccc1. The highest BCUT2D eigenvalue weighted by molar-refractivity contribution is 7.15. The Kier molecular flexibility index (Phi) is 14.0. The highest BCUT2D eigenvalue weighted by Crippen LogP contribution is 2.40. The second-order valence-electron chi connectivity index (χ2n) is 17.4. The molecule has 14 heteroatoms. The monoisotopic (exact) mass is 905 g/mol. The van der Waals surface area contributed by atoms with Crippen molar-refractivity contribution in [2.24, 2.45) is 4.99 Å².